The lowest BCUT2D eigenvalue weighted by Gasteiger charge is -2.28. The maximum atomic E-state index is 11.7. The van der Waals surface area contributed by atoms with Crippen LogP contribution in [-0.2, 0) is 14.8 Å². The van der Waals surface area contributed by atoms with E-state index in [1.807, 2.05) is 0 Å². The minimum atomic E-state index is -3.15. The molecular weight excluding hydrogens is 226 g/mol. The van der Waals surface area contributed by atoms with Gasteiger partial charge in [0.15, 0.2) is 0 Å². The van der Waals surface area contributed by atoms with E-state index < -0.39 is 10.0 Å². The molecule has 96 valence electrons. The summed E-state index contributed by atoms with van der Waals surface area (Å²) in [5.74, 6) is 0.750. The molecule has 1 fully saturated rings. The van der Waals surface area contributed by atoms with Gasteiger partial charge in [-0.15, -0.1) is 0 Å². The van der Waals surface area contributed by atoms with E-state index in [0.717, 1.165) is 25.7 Å². The van der Waals surface area contributed by atoms with Crippen LogP contribution in [0.15, 0.2) is 0 Å². The van der Waals surface area contributed by atoms with Crippen LogP contribution >= 0.6 is 0 Å². The molecule has 1 N–H and O–H groups in total. The summed E-state index contributed by atoms with van der Waals surface area (Å²) in [6, 6.07) is 0.139. The number of hydrogen-bond donors (Lipinski definition) is 1. The molecule has 1 saturated carbocycles. The Labute approximate surface area is 98.8 Å². The third-order valence-corrected chi connectivity index (χ3v) is 4.66. The van der Waals surface area contributed by atoms with Crippen LogP contribution in [-0.4, -0.2) is 33.9 Å². The topological polar surface area (TPSA) is 55.4 Å². The van der Waals surface area contributed by atoms with E-state index in [0.29, 0.717) is 5.92 Å². The summed E-state index contributed by atoms with van der Waals surface area (Å²) in [6.07, 6.45) is 5.49. The maximum absolute atomic E-state index is 11.7. The Morgan fingerprint density at radius 2 is 2.12 bits per heavy atom. The Hall–Kier alpha value is -0.130. The lowest BCUT2D eigenvalue weighted by Crippen LogP contribution is -2.40. The Kier molecular flexibility index (Phi) is 5.72. The van der Waals surface area contributed by atoms with Gasteiger partial charge in [0.25, 0.3) is 0 Å². The molecular formula is C11H23NO3S. The van der Waals surface area contributed by atoms with Crippen LogP contribution < -0.4 is 4.72 Å². The molecule has 4 nitrogen and oxygen atoms in total. The highest BCUT2D eigenvalue weighted by molar-refractivity contribution is 7.89. The summed E-state index contributed by atoms with van der Waals surface area (Å²) < 4.78 is 30.9. The van der Waals surface area contributed by atoms with E-state index in [2.05, 4.69) is 11.6 Å². The van der Waals surface area contributed by atoms with Crippen molar-refractivity contribution in [1.82, 2.24) is 4.72 Å². The smallest absolute Gasteiger partial charge is 0.214 e. The number of ether oxygens (including phenoxy) is 1. The summed E-state index contributed by atoms with van der Waals surface area (Å²) in [7, 11) is -1.63. The first-order valence-corrected chi connectivity index (χ1v) is 7.71. The Morgan fingerprint density at radius 1 is 1.38 bits per heavy atom. The average molecular weight is 249 g/mol. The van der Waals surface area contributed by atoms with E-state index >= 15 is 0 Å². The first kappa shape index (κ1) is 13.9. The van der Waals surface area contributed by atoms with Gasteiger partial charge in [0.1, 0.15) is 0 Å². The second-order valence-electron chi connectivity index (χ2n) is 4.57. The third-order valence-electron chi connectivity index (χ3n) is 3.26. The zero-order valence-corrected chi connectivity index (χ0v) is 11.1. The van der Waals surface area contributed by atoms with Crippen LogP contribution in [0.2, 0.25) is 0 Å². The van der Waals surface area contributed by atoms with E-state index in [1.165, 1.54) is 13.5 Å². The third kappa shape index (κ3) is 4.80. The van der Waals surface area contributed by atoms with Crippen LogP contribution in [0.1, 0.15) is 39.0 Å². The molecule has 0 aromatic carbocycles. The van der Waals surface area contributed by atoms with Gasteiger partial charge in [0.2, 0.25) is 10.0 Å². The van der Waals surface area contributed by atoms with Gasteiger partial charge >= 0.3 is 0 Å². The Morgan fingerprint density at radius 3 is 2.75 bits per heavy atom. The van der Waals surface area contributed by atoms with Crippen molar-refractivity contribution < 1.29 is 13.2 Å². The van der Waals surface area contributed by atoms with Crippen LogP contribution in [0.25, 0.3) is 0 Å². The number of hydrogen-bond acceptors (Lipinski definition) is 3. The highest BCUT2D eigenvalue weighted by atomic mass is 32.2. The van der Waals surface area contributed by atoms with Gasteiger partial charge in [0, 0.05) is 13.2 Å². The molecule has 0 radical (unpaired) electrons. The minimum Gasteiger partial charge on any atom is -0.384 e. The van der Waals surface area contributed by atoms with Crippen LogP contribution in [0, 0.1) is 5.92 Å². The van der Waals surface area contributed by atoms with Gasteiger partial charge in [-0.2, -0.15) is 0 Å². The number of sulfonamides is 1. The zero-order valence-electron chi connectivity index (χ0n) is 10.2. The van der Waals surface area contributed by atoms with Crippen molar-refractivity contribution in [1.29, 1.82) is 0 Å². The predicted molar refractivity (Wildman–Crippen MR) is 64.8 cm³/mol. The van der Waals surface area contributed by atoms with Crippen LogP contribution in [0.3, 0.4) is 0 Å². The van der Waals surface area contributed by atoms with Gasteiger partial charge in [-0.3, -0.25) is 0 Å². The van der Waals surface area contributed by atoms with Crippen molar-refractivity contribution in [3.8, 4) is 0 Å². The molecule has 5 heteroatoms. The van der Waals surface area contributed by atoms with E-state index in [-0.39, 0.29) is 18.4 Å². The van der Waals surface area contributed by atoms with Crippen molar-refractivity contribution in [2.45, 2.75) is 45.1 Å². The van der Waals surface area contributed by atoms with E-state index in [4.69, 9.17) is 4.74 Å². The molecule has 0 unspecified atom stereocenters. The molecule has 0 aliphatic heterocycles. The van der Waals surface area contributed by atoms with Gasteiger partial charge < -0.3 is 4.74 Å². The maximum Gasteiger partial charge on any atom is 0.214 e. The average Bonchev–Trinajstić information content (AvgIpc) is 2.26. The lowest BCUT2D eigenvalue weighted by molar-refractivity contribution is 0.216. The largest absolute Gasteiger partial charge is 0.384 e. The molecule has 0 heterocycles. The first-order chi connectivity index (χ1) is 7.57. The fourth-order valence-electron chi connectivity index (χ4n) is 2.27. The molecule has 16 heavy (non-hydrogen) atoms. The molecule has 0 aromatic rings. The number of rotatable bonds is 6. The minimum absolute atomic E-state index is 0.0663. The molecule has 0 spiro atoms. The highest BCUT2D eigenvalue weighted by Crippen LogP contribution is 2.26. The fourth-order valence-corrected chi connectivity index (χ4v) is 3.50. The summed E-state index contributed by atoms with van der Waals surface area (Å²) >= 11 is 0. The van der Waals surface area contributed by atoms with Crippen molar-refractivity contribution in [3.05, 3.63) is 0 Å². The van der Waals surface area contributed by atoms with Crippen LogP contribution in [0.4, 0.5) is 0 Å². The first-order valence-electron chi connectivity index (χ1n) is 6.06. The zero-order chi connectivity index (χ0) is 12.0. The molecule has 0 amide bonds. The van der Waals surface area contributed by atoms with Gasteiger partial charge in [-0.25, -0.2) is 13.1 Å². The quantitative estimate of drug-likeness (QED) is 0.776. The molecule has 0 saturated heterocycles. The second kappa shape index (κ2) is 6.57. The van der Waals surface area contributed by atoms with Crippen molar-refractivity contribution >= 4 is 10.0 Å². The highest BCUT2D eigenvalue weighted by Gasteiger charge is 2.24. The van der Waals surface area contributed by atoms with Gasteiger partial charge in [-0.05, 0) is 18.8 Å². The lowest BCUT2D eigenvalue weighted by atomic mass is 9.85. The Balaban J connectivity index is 2.40. The second-order valence-corrected chi connectivity index (χ2v) is 6.44. The van der Waals surface area contributed by atoms with Crippen LogP contribution in [0.5, 0.6) is 0 Å². The summed E-state index contributed by atoms with van der Waals surface area (Å²) in [4.78, 5) is 0. The molecule has 1 rings (SSSR count). The van der Waals surface area contributed by atoms with Gasteiger partial charge in [0.05, 0.1) is 12.4 Å². The predicted octanol–water partition coefficient (Wildman–Crippen LogP) is 1.52. The van der Waals surface area contributed by atoms with Crippen molar-refractivity contribution in [2.24, 2.45) is 5.92 Å². The van der Waals surface area contributed by atoms with E-state index in [1.54, 1.807) is 0 Å². The van der Waals surface area contributed by atoms with E-state index in [9.17, 15) is 8.42 Å². The normalized spacial score (nSPS) is 26.9. The molecule has 1 aliphatic carbocycles. The summed E-state index contributed by atoms with van der Waals surface area (Å²) in [5.41, 5.74) is 0. The molecule has 0 aromatic heterocycles. The number of methoxy groups -OCH3 is 1. The molecule has 1 aliphatic rings. The number of nitrogens with one attached hydrogen (secondary N) is 1. The summed E-state index contributed by atoms with van der Waals surface area (Å²) in [6.45, 7) is 2.44. The SMILES string of the molecule is CC[C@@H]1CCC[C@@H](NS(=O)(=O)CCOC)C1. The monoisotopic (exact) mass is 249 g/mol. The molecule has 2 atom stereocenters. The van der Waals surface area contributed by atoms with Gasteiger partial charge in [-0.1, -0.05) is 26.2 Å². The summed E-state index contributed by atoms with van der Waals surface area (Å²) in [5, 5.41) is 0. The standard InChI is InChI=1S/C11H23NO3S/c1-3-10-5-4-6-11(9-10)12-16(13,14)8-7-15-2/h10-12H,3-9H2,1-2H3/t10-,11-/m1/s1. The fraction of sp³-hybridized carbons (Fsp3) is 1.00. The van der Waals surface area contributed by atoms with Crippen molar-refractivity contribution in [3.63, 3.8) is 0 Å². The molecule has 0 bridgehead atoms. The Bertz CT molecular complexity index is 290. The van der Waals surface area contributed by atoms with Crippen molar-refractivity contribution in [2.75, 3.05) is 19.5 Å².